The van der Waals surface area contributed by atoms with Gasteiger partial charge < -0.3 is 27.8 Å². The molecular formula is C10H15N5O2. The fraction of sp³-hybridized carbons (Fsp3) is 0.200. The molecule has 0 bridgehead atoms. The van der Waals surface area contributed by atoms with E-state index in [4.69, 9.17) is 17.2 Å². The Morgan fingerprint density at radius 2 is 1.88 bits per heavy atom. The molecule has 0 aliphatic carbocycles. The summed E-state index contributed by atoms with van der Waals surface area (Å²) < 4.78 is 0. The van der Waals surface area contributed by atoms with E-state index in [1.807, 2.05) is 0 Å². The molecule has 0 radical (unpaired) electrons. The summed E-state index contributed by atoms with van der Waals surface area (Å²) >= 11 is 0. The summed E-state index contributed by atoms with van der Waals surface area (Å²) in [7, 11) is 0. The zero-order valence-corrected chi connectivity index (χ0v) is 9.19. The summed E-state index contributed by atoms with van der Waals surface area (Å²) in [5.41, 5.74) is 17.0. The van der Waals surface area contributed by atoms with Crippen molar-refractivity contribution in [2.75, 3.05) is 24.1 Å². The molecule has 0 atom stereocenters. The number of carbonyl (C=O) groups excluding carboxylic acids is 2. The highest BCUT2D eigenvalue weighted by molar-refractivity contribution is 6.00. The summed E-state index contributed by atoms with van der Waals surface area (Å²) in [6.45, 7) is 0.797. The van der Waals surface area contributed by atoms with Crippen LogP contribution in [0, 0.1) is 0 Å². The second kappa shape index (κ2) is 5.59. The van der Waals surface area contributed by atoms with Crippen LogP contribution in [0.4, 0.5) is 16.2 Å². The molecular weight excluding hydrogens is 222 g/mol. The van der Waals surface area contributed by atoms with Gasteiger partial charge in [0.15, 0.2) is 0 Å². The van der Waals surface area contributed by atoms with E-state index in [-0.39, 0.29) is 5.56 Å². The molecule has 0 aliphatic rings. The van der Waals surface area contributed by atoms with Crippen molar-refractivity contribution in [2.24, 2.45) is 11.5 Å². The number of benzene rings is 1. The van der Waals surface area contributed by atoms with Crippen LogP contribution in [0.3, 0.4) is 0 Å². The number of hydrogen-bond acceptors (Lipinski definition) is 4. The van der Waals surface area contributed by atoms with Gasteiger partial charge in [0.25, 0.3) is 5.91 Å². The molecule has 0 aromatic heterocycles. The van der Waals surface area contributed by atoms with E-state index in [2.05, 4.69) is 10.6 Å². The summed E-state index contributed by atoms with van der Waals surface area (Å²) in [6.07, 6.45) is 0. The molecule has 3 amide bonds. The van der Waals surface area contributed by atoms with Gasteiger partial charge in [-0.15, -0.1) is 0 Å². The van der Waals surface area contributed by atoms with Crippen molar-refractivity contribution in [3.63, 3.8) is 0 Å². The topological polar surface area (TPSA) is 136 Å². The Hall–Kier alpha value is -2.44. The molecule has 0 heterocycles. The number of carbonyl (C=O) groups is 2. The zero-order valence-electron chi connectivity index (χ0n) is 9.19. The normalized spacial score (nSPS) is 9.65. The van der Waals surface area contributed by atoms with Gasteiger partial charge in [0, 0.05) is 13.1 Å². The van der Waals surface area contributed by atoms with Crippen LogP contribution >= 0.6 is 0 Å². The van der Waals surface area contributed by atoms with Gasteiger partial charge in [-0.25, -0.2) is 4.79 Å². The smallest absolute Gasteiger partial charge is 0.312 e. The molecule has 92 valence electrons. The third-order valence-electron chi connectivity index (χ3n) is 2.11. The third kappa shape index (κ3) is 3.56. The number of anilines is 2. The highest BCUT2D eigenvalue weighted by Gasteiger charge is 2.08. The van der Waals surface area contributed by atoms with Crippen molar-refractivity contribution >= 4 is 23.3 Å². The first-order valence-corrected chi connectivity index (χ1v) is 4.98. The van der Waals surface area contributed by atoms with Crippen LogP contribution in [0.5, 0.6) is 0 Å². The maximum atomic E-state index is 11.0. The summed E-state index contributed by atoms with van der Waals surface area (Å²) in [4.78, 5) is 21.5. The number of nitrogen functional groups attached to an aromatic ring is 1. The van der Waals surface area contributed by atoms with Gasteiger partial charge in [-0.2, -0.15) is 0 Å². The molecule has 1 rings (SSSR count). The zero-order chi connectivity index (χ0) is 12.8. The van der Waals surface area contributed by atoms with Gasteiger partial charge in [-0.3, -0.25) is 4.79 Å². The Kier molecular flexibility index (Phi) is 4.15. The maximum Gasteiger partial charge on any atom is 0.312 e. The number of hydrogen-bond donors (Lipinski definition) is 5. The number of rotatable bonds is 5. The van der Waals surface area contributed by atoms with E-state index in [0.29, 0.717) is 24.5 Å². The molecule has 7 heteroatoms. The lowest BCUT2D eigenvalue weighted by Crippen LogP contribution is -2.33. The minimum atomic E-state index is -0.592. The second-order valence-electron chi connectivity index (χ2n) is 3.35. The number of amides is 3. The fourth-order valence-electron chi connectivity index (χ4n) is 1.32. The van der Waals surface area contributed by atoms with Crippen LogP contribution in [0.25, 0.3) is 0 Å². The van der Waals surface area contributed by atoms with Gasteiger partial charge in [0.2, 0.25) is 0 Å². The lowest BCUT2D eigenvalue weighted by atomic mass is 10.1. The molecule has 0 spiro atoms. The van der Waals surface area contributed by atoms with Gasteiger partial charge in [0.1, 0.15) is 0 Å². The van der Waals surface area contributed by atoms with Crippen LogP contribution in [0.15, 0.2) is 18.2 Å². The van der Waals surface area contributed by atoms with E-state index >= 15 is 0 Å². The van der Waals surface area contributed by atoms with Crippen LogP contribution in [0.2, 0.25) is 0 Å². The van der Waals surface area contributed by atoms with Crippen LogP contribution in [-0.2, 0) is 0 Å². The van der Waals surface area contributed by atoms with Crippen LogP contribution in [-0.4, -0.2) is 25.0 Å². The third-order valence-corrected chi connectivity index (χ3v) is 2.11. The second-order valence-corrected chi connectivity index (χ2v) is 3.35. The predicted octanol–water partition coefficient (Wildman–Crippen LogP) is -0.552. The van der Waals surface area contributed by atoms with Gasteiger partial charge in [-0.05, 0) is 12.1 Å². The highest BCUT2D eigenvalue weighted by Crippen LogP contribution is 2.21. The van der Waals surface area contributed by atoms with Crippen molar-refractivity contribution in [1.29, 1.82) is 0 Å². The Bertz CT molecular complexity index is 433. The maximum absolute atomic E-state index is 11.0. The molecule has 0 saturated heterocycles. The van der Waals surface area contributed by atoms with E-state index in [0.717, 1.165) is 0 Å². The summed E-state index contributed by atoms with van der Waals surface area (Å²) in [5, 5.41) is 5.38. The first-order chi connectivity index (χ1) is 8.02. The molecule has 17 heavy (non-hydrogen) atoms. The summed E-state index contributed by atoms with van der Waals surface area (Å²) in [5.74, 6) is -0.582. The molecule has 0 saturated carbocycles. The molecule has 8 N–H and O–H groups in total. The number of urea groups is 1. The lowest BCUT2D eigenvalue weighted by molar-refractivity contribution is 0.100. The quantitative estimate of drug-likeness (QED) is 0.346. The molecule has 1 aromatic rings. The number of primary amides is 2. The Morgan fingerprint density at radius 3 is 2.47 bits per heavy atom. The Morgan fingerprint density at radius 1 is 1.18 bits per heavy atom. The van der Waals surface area contributed by atoms with Crippen molar-refractivity contribution in [1.82, 2.24) is 5.32 Å². The molecule has 7 nitrogen and oxygen atoms in total. The van der Waals surface area contributed by atoms with E-state index in [1.165, 1.54) is 0 Å². The Balaban J connectivity index is 2.62. The lowest BCUT2D eigenvalue weighted by Gasteiger charge is -2.11. The van der Waals surface area contributed by atoms with E-state index in [9.17, 15) is 9.59 Å². The standard InChI is InChI=1S/C10H15N5O2/c11-8-6(9(12)16)2-1-3-7(8)14-4-5-15-10(13)17/h1-3,14H,4-5,11H2,(H2,12,16)(H3,13,15,17). The molecule has 0 fully saturated rings. The number of nitrogens with one attached hydrogen (secondary N) is 2. The largest absolute Gasteiger partial charge is 0.396 e. The average Bonchev–Trinajstić information content (AvgIpc) is 2.25. The summed E-state index contributed by atoms with van der Waals surface area (Å²) in [6, 6.07) is 4.34. The van der Waals surface area contributed by atoms with Gasteiger partial charge in [0.05, 0.1) is 16.9 Å². The van der Waals surface area contributed by atoms with Crippen molar-refractivity contribution in [2.45, 2.75) is 0 Å². The van der Waals surface area contributed by atoms with Crippen molar-refractivity contribution in [3.8, 4) is 0 Å². The minimum Gasteiger partial charge on any atom is -0.396 e. The van der Waals surface area contributed by atoms with E-state index < -0.39 is 11.9 Å². The molecule has 0 aliphatic heterocycles. The average molecular weight is 237 g/mol. The number of nitrogens with two attached hydrogens (primary N) is 3. The first-order valence-electron chi connectivity index (χ1n) is 4.98. The minimum absolute atomic E-state index is 0.262. The van der Waals surface area contributed by atoms with Gasteiger partial charge >= 0.3 is 6.03 Å². The number of para-hydroxylation sites is 1. The molecule has 1 aromatic carbocycles. The van der Waals surface area contributed by atoms with Crippen LogP contribution < -0.4 is 27.8 Å². The Labute approximate surface area is 98.3 Å². The first kappa shape index (κ1) is 12.6. The SMILES string of the molecule is NC(=O)NCCNc1cccc(C(N)=O)c1N. The van der Waals surface area contributed by atoms with Crippen molar-refractivity contribution < 1.29 is 9.59 Å². The predicted molar refractivity (Wildman–Crippen MR) is 65.4 cm³/mol. The van der Waals surface area contributed by atoms with Gasteiger partial charge in [-0.1, -0.05) is 6.07 Å². The monoisotopic (exact) mass is 237 g/mol. The fourth-order valence-corrected chi connectivity index (χ4v) is 1.32. The molecule has 0 unspecified atom stereocenters. The van der Waals surface area contributed by atoms with Crippen molar-refractivity contribution in [3.05, 3.63) is 23.8 Å². The van der Waals surface area contributed by atoms with Crippen LogP contribution in [0.1, 0.15) is 10.4 Å². The highest BCUT2D eigenvalue weighted by atomic mass is 16.2. The van der Waals surface area contributed by atoms with E-state index in [1.54, 1.807) is 18.2 Å².